The molecule has 0 radical (unpaired) electrons. The third-order valence-electron chi connectivity index (χ3n) is 2.68. The summed E-state index contributed by atoms with van der Waals surface area (Å²) < 4.78 is 0. The second-order valence-electron chi connectivity index (χ2n) is 5.02. The van der Waals surface area contributed by atoms with Gasteiger partial charge in [-0.25, -0.2) is 0 Å². The van der Waals surface area contributed by atoms with Crippen LogP contribution in [0.4, 0.5) is 0 Å². The lowest BCUT2D eigenvalue weighted by molar-refractivity contribution is 0.0375. The highest BCUT2D eigenvalue weighted by atomic mass is 15.1. The van der Waals surface area contributed by atoms with E-state index in [2.05, 4.69) is 39.9 Å². The van der Waals surface area contributed by atoms with Crippen LogP contribution in [0.1, 0.15) is 34.6 Å². The van der Waals surface area contributed by atoms with Crippen molar-refractivity contribution in [2.24, 2.45) is 11.3 Å². The Labute approximate surface area is 64.2 Å². The third-order valence-corrected chi connectivity index (χ3v) is 2.68. The van der Waals surface area contributed by atoms with Crippen LogP contribution in [-0.2, 0) is 0 Å². The second-order valence-corrected chi connectivity index (χ2v) is 5.02. The van der Waals surface area contributed by atoms with Crippen LogP contribution in [0.3, 0.4) is 0 Å². The second kappa shape index (κ2) is 1.97. The van der Waals surface area contributed by atoms with Gasteiger partial charge in [-0.2, -0.15) is 0 Å². The summed E-state index contributed by atoms with van der Waals surface area (Å²) in [7, 11) is 0. The lowest BCUT2D eigenvalue weighted by atomic mass is 9.65. The number of nitrogens with one attached hydrogen (secondary N) is 1. The molecule has 0 aromatic rings. The quantitative estimate of drug-likeness (QED) is 0.544. The minimum absolute atomic E-state index is 0.373. The van der Waals surface area contributed by atoms with Crippen molar-refractivity contribution in [3.05, 3.63) is 0 Å². The number of rotatable bonds is 0. The molecule has 1 heteroatoms. The summed E-state index contributed by atoms with van der Waals surface area (Å²) in [5.74, 6) is 0.833. The highest BCUT2D eigenvalue weighted by molar-refractivity contribution is 5.01. The molecule has 1 nitrogen and oxygen atoms in total. The molecule has 1 saturated heterocycles. The fraction of sp³-hybridized carbons (Fsp3) is 1.00. The van der Waals surface area contributed by atoms with Gasteiger partial charge in [0.25, 0.3) is 0 Å². The molecule has 0 bridgehead atoms. The topological polar surface area (TPSA) is 12.0 Å². The first-order valence-corrected chi connectivity index (χ1v) is 4.09. The molecular formula is C9H19N. The zero-order valence-corrected chi connectivity index (χ0v) is 7.78. The van der Waals surface area contributed by atoms with Crippen LogP contribution in [0.25, 0.3) is 0 Å². The molecular weight excluding hydrogens is 122 g/mol. The molecule has 0 spiro atoms. The van der Waals surface area contributed by atoms with Crippen molar-refractivity contribution >= 4 is 0 Å². The molecule has 1 rings (SSSR count). The molecule has 0 amide bonds. The summed E-state index contributed by atoms with van der Waals surface area (Å²) >= 11 is 0. The van der Waals surface area contributed by atoms with Gasteiger partial charge in [-0.05, 0) is 25.2 Å². The Hall–Kier alpha value is -0.0400. The van der Waals surface area contributed by atoms with Crippen molar-refractivity contribution in [1.82, 2.24) is 5.32 Å². The van der Waals surface area contributed by atoms with Crippen molar-refractivity contribution in [1.29, 1.82) is 0 Å². The van der Waals surface area contributed by atoms with E-state index in [1.807, 2.05) is 0 Å². The van der Waals surface area contributed by atoms with Gasteiger partial charge < -0.3 is 5.32 Å². The molecule has 1 atom stereocenters. The SMILES string of the molecule is CC(C)(C)C1CNC1(C)C. The van der Waals surface area contributed by atoms with Crippen molar-refractivity contribution in [2.75, 3.05) is 6.54 Å². The first-order valence-electron chi connectivity index (χ1n) is 4.09. The smallest absolute Gasteiger partial charge is 0.0170 e. The van der Waals surface area contributed by atoms with Gasteiger partial charge in [-0.3, -0.25) is 0 Å². The summed E-state index contributed by atoms with van der Waals surface area (Å²) in [6, 6.07) is 0. The Kier molecular flexibility index (Phi) is 1.59. The summed E-state index contributed by atoms with van der Waals surface area (Å²) in [4.78, 5) is 0. The largest absolute Gasteiger partial charge is 0.311 e. The maximum absolute atomic E-state index is 3.44. The van der Waals surface area contributed by atoms with Gasteiger partial charge in [0.15, 0.2) is 0 Å². The summed E-state index contributed by atoms with van der Waals surface area (Å²) in [6.07, 6.45) is 0. The normalized spacial score (nSPS) is 31.5. The molecule has 0 aromatic heterocycles. The standard InChI is InChI=1S/C9H19N/c1-8(2,3)7-6-10-9(7,4)5/h7,10H,6H2,1-5H3. The average Bonchev–Trinajstić information content (AvgIpc) is 1.58. The van der Waals surface area contributed by atoms with E-state index >= 15 is 0 Å². The minimum Gasteiger partial charge on any atom is -0.311 e. The van der Waals surface area contributed by atoms with E-state index in [-0.39, 0.29) is 0 Å². The maximum Gasteiger partial charge on any atom is 0.0170 e. The highest BCUT2D eigenvalue weighted by Gasteiger charge is 2.44. The molecule has 1 fully saturated rings. The summed E-state index contributed by atoms with van der Waals surface area (Å²) in [5.41, 5.74) is 0.840. The van der Waals surface area contributed by atoms with Crippen molar-refractivity contribution in [2.45, 2.75) is 40.2 Å². The number of hydrogen-bond donors (Lipinski definition) is 1. The van der Waals surface area contributed by atoms with Crippen LogP contribution < -0.4 is 5.32 Å². The number of hydrogen-bond acceptors (Lipinski definition) is 1. The molecule has 1 heterocycles. The monoisotopic (exact) mass is 141 g/mol. The van der Waals surface area contributed by atoms with E-state index in [0.29, 0.717) is 11.0 Å². The molecule has 1 N–H and O–H groups in total. The molecule has 0 aliphatic carbocycles. The van der Waals surface area contributed by atoms with Crippen molar-refractivity contribution in [3.63, 3.8) is 0 Å². The van der Waals surface area contributed by atoms with E-state index in [1.165, 1.54) is 6.54 Å². The average molecular weight is 141 g/mol. The third kappa shape index (κ3) is 1.20. The predicted molar refractivity (Wildman–Crippen MR) is 45.0 cm³/mol. The van der Waals surface area contributed by atoms with Crippen molar-refractivity contribution in [3.8, 4) is 0 Å². The molecule has 1 aliphatic heterocycles. The summed E-state index contributed by atoms with van der Waals surface area (Å²) in [6.45, 7) is 12.7. The van der Waals surface area contributed by atoms with E-state index in [4.69, 9.17) is 0 Å². The molecule has 60 valence electrons. The fourth-order valence-electron chi connectivity index (χ4n) is 2.00. The van der Waals surface area contributed by atoms with Gasteiger partial charge in [0, 0.05) is 12.1 Å². The zero-order valence-electron chi connectivity index (χ0n) is 7.78. The fourth-order valence-corrected chi connectivity index (χ4v) is 2.00. The highest BCUT2D eigenvalue weighted by Crippen LogP contribution is 2.39. The Morgan fingerprint density at radius 2 is 1.80 bits per heavy atom. The molecule has 0 aromatic carbocycles. The van der Waals surface area contributed by atoms with Crippen LogP contribution in [-0.4, -0.2) is 12.1 Å². The first-order chi connectivity index (χ1) is 4.34. The van der Waals surface area contributed by atoms with E-state index < -0.39 is 0 Å². The predicted octanol–water partition coefficient (Wildman–Crippen LogP) is 2.03. The van der Waals surface area contributed by atoms with E-state index in [0.717, 1.165) is 5.92 Å². The van der Waals surface area contributed by atoms with Gasteiger partial charge in [-0.15, -0.1) is 0 Å². The Morgan fingerprint density at radius 3 is 1.80 bits per heavy atom. The summed E-state index contributed by atoms with van der Waals surface area (Å²) in [5, 5.41) is 3.44. The van der Waals surface area contributed by atoms with Crippen LogP contribution in [0, 0.1) is 11.3 Å². The van der Waals surface area contributed by atoms with Crippen LogP contribution in [0.5, 0.6) is 0 Å². The van der Waals surface area contributed by atoms with Gasteiger partial charge >= 0.3 is 0 Å². The van der Waals surface area contributed by atoms with Gasteiger partial charge in [0.2, 0.25) is 0 Å². The van der Waals surface area contributed by atoms with Crippen LogP contribution >= 0.6 is 0 Å². The zero-order chi connectivity index (χ0) is 7.99. The van der Waals surface area contributed by atoms with Crippen molar-refractivity contribution < 1.29 is 0 Å². The molecule has 1 aliphatic rings. The van der Waals surface area contributed by atoms with E-state index in [1.54, 1.807) is 0 Å². The Balaban J connectivity index is 2.60. The lowest BCUT2D eigenvalue weighted by Crippen LogP contribution is -2.65. The Bertz CT molecular complexity index is 120. The molecule has 1 unspecified atom stereocenters. The lowest BCUT2D eigenvalue weighted by Gasteiger charge is -2.52. The van der Waals surface area contributed by atoms with Crippen LogP contribution in [0.15, 0.2) is 0 Å². The van der Waals surface area contributed by atoms with Gasteiger partial charge in [0.1, 0.15) is 0 Å². The molecule has 10 heavy (non-hydrogen) atoms. The minimum atomic E-state index is 0.373. The maximum atomic E-state index is 3.44. The first kappa shape index (κ1) is 8.06. The van der Waals surface area contributed by atoms with Gasteiger partial charge in [-0.1, -0.05) is 20.8 Å². The van der Waals surface area contributed by atoms with Crippen LogP contribution in [0.2, 0.25) is 0 Å². The Morgan fingerprint density at radius 1 is 1.30 bits per heavy atom. The van der Waals surface area contributed by atoms with E-state index in [9.17, 15) is 0 Å². The van der Waals surface area contributed by atoms with Gasteiger partial charge in [0.05, 0.1) is 0 Å². The molecule has 0 saturated carbocycles.